The Hall–Kier alpha value is -4.84. The topological polar surface area (TPSA) is 145 Å². The Morgan fingerprint density at radius 3 is 2.68 bits per heavy atom. The van der Waals surface area contributed by atoms with Gasteiger partial charge in [-0.05, 0) is 49.7 Å². The number of aromatic nitrogens is 1. The van der Waals surface area contributed by atoms with Gasteiger partial charge in [0, 0.05) is 5.56 Å². The number of phenolic OH excluding ortho intramolecular Hbond substituents is 1. The van der Waals surface area contributed by atoms with Crippen molar-refractivity contribution in [1.29, 1.82) is 0 Å². The van der Waals surface area contributed by atoms with Crippen LogP contribution in [0.2, 0.25) is 0 Å². The van der Waals surface area contributed by atoms with Crippen LogP contribution < -0.4 is 19.1 Å². The van der Waals surface area contributed by atoms with Crippen molar-refractivity contribution < 1.29 is 43.5 Å². The molecule has 1 amide bonds. The average molecular weight is 579 g/mol. The van der Waals surface area contributed by atoms with E-state index in [0.29, 0.717) is 36.0 Å². The zero-order valence-corrected chi connectivity index (χ0v) is 23.0. The van der Waals surface area contributed by atoms with Gasteiger partial charge < -0.3 is 29.2 Å². The van der Waals surface area contributed by atoms with Gasteiger partial charge in [-0.15, -0.1) is 0 Å². The van der Waals surface area contributed by atoms with Crippen molar-refractivity contribution in [2.24, 2.45) is 0 Å². The predicted molar refractivity (Wildman–Crippen MR) is 149 cm³/mol. The highest BCUT2D eigenvalue weighted by Gasteiger charge is 2.48. The smallest absolute Gasteiger partial charge is 0.350 e. The molecule has 1 fully saturated rings. The fourth-order valence-corrected chi connectivity index (χ4v) is 5.53. The van der Waals surface area contributed by atoms with Gasteiger partial charge in [0.25, 0.3) is 5.78 Å². The average Bonchev–Trinajstić information content (AvgIpc) is 3.48. The number of rotatable bonds is 8. The number of aromatic hydroxyl groups is 1. The molecule has 1 unspecified atom stereocenters. The molecule has 1 saturated heterocycles. The minimum absolute atomic E-state index is 0.0146. The summed E-state index contributed by atoms with van der Waals surface area (Å²) < 4.78 is 21.9. The van der Waals surface area contributed by atoms with Gasteiger partial charge in [0.15, 0.2) is 28.1 Å². The number of carbonyl (C=O) groups excluding carboxylic acids is 3. The molecule has 0 saturated carbocycles. The molecular formula is C29H26N2O9S. The van der Waals surface area contributed by atoms with E-state index < -0.39 is 29.5 Å². The molecule has 1 atom stereocenters. The standard InChI is InChI=1S/C29H26N2O9S/c1-4-10-40-28(36)26-15(3)30-29(41-26)31-23(16-6-8-18(32)20(13-16)37-5-2)22(25(34)27(31)35)24(33)17-7-9-19-21(14-17)39-12-11-38-19/h4,6-9,13-14,23,32-33H,1,5,10-12H2,2-3H3/b24-22+. The Morgan fingerprint density at radius 2 is 1.95 bits per heavy atom. The number of aliphatic hydroxyl groups excluding tert-OH is 1. The second-order valence-corrected chi connectivity index (χ2v) is 9.96. The van der Waals surface area contributed by atoms with E-state index >= 15 is 0 Å². The highest BCUT2D eigenvalue weighted by molar-refractivity contribution is 7.17. The molecule has 0 aliphatic carbocycles. The Bertz CT molecular complexity index is 1590. The molecule has 5 rings (SSSR count). The van der Waals surface area contributed by atoms with Gasteiger partial charge in [0.05, 0.1) is 23.9 Å². The molecule has 2 aliphatic heterocycles. The van der Waals surface area contributed by atoms with Crippen molar-refractivity contribution in [1.82, 2.24) is 4.98 Å². The molecule has 11 nitrogen and oxygen atoms in total. The number of thiazole rings is 1. The first-order valence-electron chi connectivity index (χ1n) is 12.7. The Morgan fingerprint density at radius 1 is 1.20 bits per heavy atom. The lowest BCUT2D eigenvalue weighted by molar-refractivity contribution is -0.132. The SMILES string of the molecule is C=CCOC(=O)c1sc(N2C(=O)C(=O)/C(=C(/O)c3ccc4c(c3)OCCO4)C2c2ccc(O)c(OCC)c2)nc1C. The Balaban J connectivity index is 1.68. The van der Waals surface area contributed by atoms with Crippen LogP contribution in [0.4, 0.5) is 5.13 Å². The number of phenols is 1. The van der Waals surface area contributed by atoms with Gasteiger partial charge in [-0.25, -0.2) is 9.78 Å². The van der Waals surface area contributed by atoms with Crippen molar-refractivity contribution in [3.63, 3.8) is 0 Å². The van der Waals surface area contributed by atoms with E-state index in [1.165, 1.54) is 30.3 Å². The molecule has 212 valence electrons. The molecule has 2 aromatic carbocycles. The molecule has 0 radical (unpaired) electrons. The number of hydrogen-bond acceptors (Lipinski definition) is 11. The third-order valence-corrected chi connectivity index (χ3v) is 7.51. The van der Waals surface area contributed by atoms with Gasteiger partial charge in [-0.1, -0.05) is 30.1 Å². The minimum atomic E-state index is -1.18. The van der Waals surface area contributed by atoms with Crippen molar-refractivity contribution in [2.75, 3.05) is 31.3 Å². The van der Waals surface area contributed by atoms with E-state index in [1.807, 2.05) is 0 Å². The fraction of sp³-hybridized carbons (Fsp3) is 0.241. The summed E-state index contributed by atoms with van der Waals surface area (Å²) in [5, 5.41) is 21.8. The molecule has 0 bridgehead atoms. The van der Waals surface area contributed by atoms with Crippen molar-refractivity contribution in [3.8, 4) is 23.0 Å². The lowest BCUT2D eigenvalue weighted by atomic mass is 9.95. The van der Waals surface area contributed by atoms with Crippen LogP contribution in [0.1, 0.15) is 39.5 Å². The Labute approximate surface area is 238 Å². The van der Waals surface area contributed by atoms with Crippen molar-refractivity contribution >= 4 is 39.9 Å². The number of aliphatic hydroxyl groups is 1. The van der Waals surface area contributed by atoms with Crippen LogP contribution in [-0.2, 0) is 14.3 Å². The summed E-state index contributed by atoms with van der Waals surface area (Å²) in [6.45, 7) is 7.78. The number of Topliss-reactive ketones (excluding diaryl/α,β-unsaturated/α-hetero) is 1. The first-order valence-corrected chi connectivity index (χ1v) is 13.5. The van der Waals surface area contributed by atoms with E-state index in [0.717, 1.165) is 16.2 Å². The number of ketones is 1. The highest BCUT2D eigenvalue weighted by atomic mass is 32.1. The van der Waals surface area contributed by atoms with Crippen LogP contribution >= 0.6 is 11.3 Å². The predicted octanol–water partition coefficient (Wildman–Crippen LogP) is 4.30. The van der Waals surface area contributed by atoms with Crippen LogP contribution in [0.25, 0.3) is 5.76 Å². The third-order valence-electron chi connectivity index (χ3n) is 6.37. The van der Waals surface area contributed by atoms with Crippen molar-refractivity contribution in [3.05, 3.63) is 76.3 Å². The number of carbonyl (C=O) groups is 3. The number of amides is 1. The van der Waals surface area contributed by atoms with E-state index in [2.05, 4.69) is 11.6 Å². The van der Waals surface area contributed by atoms with Gasteiger partial charge >= 0.3 is 11.9 Å². The van der Waals surface area contributed by atoms with Crippen LogP contribution in [-0.4, -0.2) is 59.3 Å². The monoisotopic (exact) mass is 578 g/mol. The van der Waals surface area contributed by atoms with Crippen molar-refractivity contribution in [2.45, 2.75) is 19.9 Å². The number of hydrogen-bond donors (Lipinski definition) is 2. The van der Waals surface area contributed by atoms with E-state index in [-0.39, 0.29) is 45.9 Å². The maximum absolute atomic E-state index is 13.6. The van der Waals surface area contributed by atoms with E-state index in [1.54, 1.807) is 26.0 Å². The third kappa shape index (κ3) is 5.09. The van der Waals surface area contributed by atoms with Crippen LogP contribution in [0, 0.1) is 6.92 Å². The molecule has 3 aromatic rings. The second-order valence-electron chi connectivity index (χ2n) is 8.99. The molecule has 41 heavy (non-hydrogen) atoms. The maximum Gasteiger partial charge on any atom is 0.350 e. The van der Waals surface area contributed by atoms with Crippen LogP contribution in [0.15, 0.2) is 54.6 Å². The molecule has 2 aliphatic rings. The summed E-state index contributed by atoms with van der Waals surface area (Å²) in [5.41, 5.74) is 0.661. The first kappa shape index (κ1) is 27.7. The number of esters is 1. The number of ether oxygens (including phenoxy) is 4. The second kappa shape index (κ2) is 11.3. The summed E-state index contributed by atoms with van der Waals surface area (Å²) in [7, 11) is 0. The fourth-order valence-electron chi connectivity index (χ4n) is 4.54. The summed E-state index contributed by atoms with van der Waals surface area (Å²) in [6.07, 6.45) is 1.42. The number of benzene rings is 2. The molecule has 12 heteroatoms. The number of nitrogens with zero attached hydrogens (tertiary/aromatic N) is 2. The summed E-state index contributed by atoms with van der Waals surface area (Å²) >= 11 is 0.877. The zero-order chi connectivity index (χ0) is 29.3. The summed E-state index contributed by atoms with van der Waals surface area (Å²) in [5.74, 6) is -2.17. The maximum atomic E-state index is 13.6. The zero-order valence-electron chi connectivity index (χ0n) is 22.2. The molecule has 3 heterocycles. The van der Waals surface area contributed by atoms with Crippen LogP contribution in [0.5, 0.6) is 23.0 Å². The summed E-state index contributed by atoms with van der Waals surface area (Å²) in [4.78, 5) is 45.4. The first-order chi connectivity index (χ1) is 19.7. The quantitative estimate of drug-likeness (QED) is 0.131. The summed E-state index contributed by atoms with van der Waals surface area (Å²) in [6, 6.07) is 7.88. The lowest BCUT2D eigenvalue weighted by Gasteiger charge is -2.24. The molecular weight excluding hydrogens is 552 g/mol. The number of anilines is 1. The van der Waals surface area contributed by atoms with Gasteiger partial charge in [0.1, 0.15) is 30.5 Å². The molecule has 2 N–H and O–H groups in total. The van der Waals surface area contributed by atoms with Crippen LogP contribution in [0.3, 0.4) is 0 Å². The largest absolute Gasteiger partial charge is 0.507 e. The highest BCUT2D eigenvalue weighted by Crippen LogP contribution is 2.46. The van der Waals surface area contributed by atoms with Gasteiger partial charge in [-0.3, -0.25) is 14.5 Å². The van der Waals surface area contributed by atoms with E-state index in [9.17, 15) is 24.6 Å². The molecule has 1 aromatic heterocycles. The normalized spacial score (nSPS) is 17.4. The van der Waals surface area contributed by atoms with Gasteiger partial charge in [-0.2, -0.15) is 0 Å². The lowest BCUT2D eigenvalue weighted by Crippen LogP contribution is -2.29. The minimum Gasteiger partial charge on any atom is -0.507 e. The van der Waals surface area contributed by atoms with Gasteiger partial charge in [0.2, 0.25) is 0 Å². The van der Waals surface area contributed by atoms with E-state index in [4.69, 9.17) is 18.9 Å². The number of fused-ring (bicyclic) bond motifs is 1. The molecule has 0 spiro atoms. The Kier molecular flexibility index (Phi) is 7.66. The number of aryl methyl sites for hydroxylation is 1.